The van der Waals surface area contributed by atoms with Crippen molar-refractivity contribution in [2.75, 3.05) is 12.9 Å². The van der Waals surface area contributed by atoms with Crippen LogP contribution in [0.5, 0.6) is 0 Å². The molecule has 1 aromatic carbocycles. The molecular weight excluding hydrogens is 346 g/mol. The summed E-state index contributed by atoms with van der Waals surface area (Å²) in [5.41, 5.74) is 2.69. The largest absolute Gasteiger partial charge is 0.469 e. The first-order valence-corrected chi connectivity index (χ1v) is 9.99. The number of rotatable bonds is 7. The number of benzene rings is 1. The lowest BCUT2D eigenvalue weighted by Gasteiger charge is -2.15. The Kier molecular flexibility index (Phi) is 4.53. The fourth-order valence-corrected chi connectivity index (χ4v) is 4.59. The third-order valence-corrected chi connectivity index (χ3v) is 6.90. The lowest BCUT2D eigenvalue weighted by molar-refractivity contribution is -0.141. The Labute approximate surface area is 158 Å². The van der Waals surface area contributed by atoms with E-state index in [0.717, 1.165) is 48.1 Å². The third-order valence-electron chi connectivity index (χ3n) is 5.48. The van der Waals surface area contributed by atoms with Crippen molar-refractivity contribution in [3.05, 3.63) is 48.3 Å². The number of aliphatic hydroxyl groups is 1. The highest BCUT2D eigenvalue weighted by atomic mass is 32.2. The van der Waals surface area contributed by atoms with E-state index in [4.69, 9.17) is 4.74 Å². The highest BCUT2D eigenvalue weighted by Crippen LogP contribution is 2.52. The SMILES string of the molecule is COC(=O)CC1(CSc2ccncc2-c2ccc(C3(O)CC3)cc2)CC1. The van der Waals surface area contributed by atoms with Gasteiger partial charge in [0.1, 0.15) is 0 Å². The van der Waals surface area contributed by atoms with Gasteiger partial charge in [-0.15, -0.1) is 11.8 Å². The predicted molar refractivity (Wildman–Crippen MR) is 102 cm³/mol. The van der Waals surface area contributed by atoms with Crippen LogP contribution in [0.4, 0.5) is 0 Å². The van der Waals surface area contributed by atoms with Gasteiger partial charge in [-0.05, 0) is 48.3 Å². The summed E-state index contributed by atoms with van der Waals surface area (Å²) in [7, 11) is 1.45. The molecule has 0 amide bonds. The van der Waals surface area contributed by atoms with Crippen LogP contribution < -0.4 is 0 Å². The molecule has 4 nitrogen and oxygen atoms in total. The van der Waals surface area contributed by atoms with E-state index in [9.17, 15) is 9.90 Å². The molecule has 0 radical (unpaired) electrons. The van der Waals surface area contributed by atoms with Gasteiger partial charge >= 0.3 is 5.97 Å². The van der Waals surface area contributed by atoms with Crippen molar-refractivity contribution in [1.82, 2.24) is 4.98 Å². The second kappa shape index (κ2) is 6.71. The topological polar surface area (TPSA) is 59.4 Å². The number of methoxy groups -OCH3 is 1. The molecule has 4 rings (SSSR count). The average molecular weight is 369 g/mol. The number of esters is 1. The van der Waals surface area contributed by atoms with Crippen molar-refractivity contribution in [3.63, 3.8) is 0 Å². The van der Waals surface area contributed by atoms with Gasteiger partial charge in [-0.25, -0.2) is 0 Å². The van der Waals surface area contributed by atoms with Crippen molar-refractivity contribution in [3.8, 4) is 11.1 Å². The zero-order valence-corrected chi connectivity index (χ0v) is 15.7. The van der Waals surface area contributed by atoms with Crippen LogP contribution in [0.3, 0.4) is 0 Å². The Morgan fingerprint density at radius 1 is 1.19 bits per heavy atom. The number of carbonyl (C=O) groups is 1. The Morgan fingerprint density at radius 2 is 1.92 bits per heavy atom. The molecule has 26 heavy (non-hydrogen) atoms. The zero-order valence-electron chi connectivity index (χ0n) is 14.9. The number of aromatic nitrogens is 1. The Morgan fingerprint density at radius 3 is 2.54 bits per heavy atom. The molecule has 0 bridgehead atoms. The monoisotopic (exact) mass is 369 g/mol. The minimum Gasteiger partial charge on any atom is -0.469 e. The summed E-state index contributed by atoms with van der Waals surface area (Å²) >= 11 is 1.79. The van der Waals surface area contributed by atoms with Crippen LogP contribution in [0.25, 0.3) is 11.1 Å². The first kappa shape index (κ1) is 17.6. The summed E-state index contributed by atoms with van der Waals surface area (Å²) in [6.07, 6.45) is 8.08. The molecule has 2 aliphatic carbocycles. The summed E-state index contributed by atoms with van der Waals surface area (Å²) in [6.45, 7) is 0. The van der Waals surface area contributed by atoms with Crippen LogP contribution in [0.15, 0.2) is 47.6 Å². The summed E-state index contributed by atoms with van der Waals surface area (Å²) in [6, 6.07) is 10.2. The molecule has 0 atom stereocenters. The Hall–Kier alpha value is -1.85. The number of nitrogens with zero attached hydrogens (tertiary/aromatic N) is 1. The van der Waals surface area contributed by atoms with Gasteiger partial charge in [-0.3, -0.25) is 9.78 Å². The first-order chi connectivity index (χ1) is 12.5. The number of ether oxygens (including phenoxy) is 1. The van der Waals surface area contributed by atoms with Crippen molar-refractivity contribution in [1.29, 1.82) is 0 Å². The molecule has 2 fully saturated rings. The number of carbonyl (C=O) groups excluding carboxylic acids is 1. The smallest absolute Gasteiger partial charge is 0.306 e. The molecule has 1 N–H and O–H groups in total. The van der Waals surface area contributed by atoms with E-state index in [1.165, 1.54) is 12.0 Å². The number of thioether (sulfide) groups is 1. The summed E-state index contributed by atoms with van der Waals surface area (Å²) in [4.78, 5) is 17.1. The lowest BCUT2D eigenvalue weighted by atomic mass is 10.0. The fourth-order valence-electron chi connectivity index (χ4n) is 3.25. The minimum atomic E-state index is -0.600. The van der Waals surface area contributed by atoms with E-state index in [1.54, 1.807) is 11.8 Å². The lowest BCUT2D eigenvalue weighted by Crippen LogP contribution is -2.13. The van der Waals surface area contributed by atoms with Gasteiger partial charge in [0.05, 0.1) is 19.1 Å². The maximum Gasteiger partial charge on any atom is 0.306 e. The molecule has 0 unspecified atom stereocenters. The van der Waals surface area contributed by atoms with Crippen molar-refractivity contribution >= 4 is 17.7 Å². The van der Waals surface area contributed by atoms with E-state index in [0.29, 0.717) is 6.42 Å². The highest BCUT2D eigenvalue weighted by molar-refractivity contribution is 7.99. The van der Waals surface area contributed by atoms with Gasteiger partial charge in [-0.2, -0.15) is 0 Å². The minimum absolute atomic E-state index is 0.0946. The Balaban J connectivity index is 1.49. The normalized spacial score (nSPS) is 19.0. The molecule has 5 heteroatoms. The molecule has 1 heterocycles. The molecule has 1 aromatic heterocycles. The molecule has 2 aliphatic rings. The third kappa shape index (κ3) is 3.64. The molecule has 0 saturated heterocycles. The summed E-state index contributed by atoms with van der Waals surface area (Å²) in [5, 5.41) is 10.2. The molecule has 0 aliphatic heterocycles. The maximum absolute atomic E-state index is 11.6. The van der Waals surface area contributed by atoms with Crippen molar-refractivity contribution in [2.24, 2.45) is 5.41 Å². The van der Waals surface area contributed by atoms with Crippen LogP contribution in [0.1, 0.15) is 37.7 Å². The van der Waals surface area contributed by atoms with E-state index < -0.39 is 5.60 Å². The van der Waals surface area contributed by atoms with Gasteiger partial charge in [0, 0.05) is 28.6 Å². The quantitative estimate of drug-likeness (QED) is 0.586. The van der Waals surface area contributed by atoms with Gasteiger partial charge in [0.15, 0.2) is 0 Å². The molecule has 2 aromatic rings. The van der Waals surface area contributed by atoms with Gasteiger partial charge < -0.3 is 9.84 Å². The number of hydrogen-bond acceptors (Lipinski definition) is 5. The van der Waals surface area contributed by atoms with Crippen LogP contribution in [0, 0.1) is 5.41 Å². The maximum atomic E-state index is 11.6. The van der Waals surface area contributed by atoms with Crippen LogP contribution in [-0.4, -0.2) is 28.9 Å². The zero-order chi connectivity index (χ0) is 18.2. The standard InChI is InChI=1S/C21H23NO3S/c1-25-19(23)12-20(7-8-20)14-26-18-6-11-22-13-17(18)15-2-4-16(5-3-15)21(24)9-10-21/h2-6,11,13,24H,7-10,12,14H2,1H3. The molecule has 2 saturated carbocycles. The summed E-state index contributed by atoms with van der Waals surface area (Å²) in [5.74, 6) is 0.795. The van der Waals surface area contributed by atoms with Gasteiger partial charge in [0.2, 0.25) is 0 Å². The number of hydrogen-bond donors (Lipinski definition) is 1. The molecule has 136 valence electrons. The first-order valence-electron chi connectivity index (χ1n) is 9.01. The van der Waals surface area contributed by atoms with E-state index in [-0.39, 0.29) is 11.4 Å². The fraction of sp³-hybridized carbons (Fsp3) is 0.429. The second-order valence-corrected chi connectivity index (χ2v) is 8.54. The highest BCUT2D eigenvalue weighted by Gasteiger charge is 2.44. The van der Waals surface area contributed by atoms with Crippen LogP contribution >= 0.6 is 11.8 Å². The van der Waals surface area contributed by atoms with E-state index in [2.05, 4.69) is 17.1 Å². The molecular formula is C21H23NO3S. The van der Waals surface area contributed by atoms with Gasteiger partial charge in [-0.1, -0.05) is 24.3 Å². The van der Waals surface area contributed by atoms with E-state index >= 15 is 0 Å². The van der Waals surface area contributed by atoms with Crippen molar-refractivity contribution in [2.45, 2.75) is 42.6 Å². The Bertz CT molecular complexity index is 810. The second-order valence-electron chi connectivity index (χ2n) is 7.52. The molecule has 0 spiro atoms. The predicted octanol–water partition coefficient (Wildman–Crippen LogP) is 4.17. The van der Waals surface area contributed by atoms with Crippen LogP contribution in [-0.2, 0) is 15.1 Å². The summed E-state index contributed by atoms with van der Waals surface area (Å²) < 4.78 is 4.84. The van der Waals surface area contributed by atoms with Crippen LogP contribution in [0.2, 0.25) is 0 Å². The number of pyridine rings is 1. The van der Waals surface area contributed by atoms with Gasteiger partial charge in [0.25, 0.3) is 0 Å². The van der Waals surface area contributed by atoms with Crippen molar-refractivity contribution < 1.29 is 14.6 Å². The van der Waals surface area contributed by atoms with E-state index in [1.807, 2.05) is 30.6 Å². The average Bonchev–Trinajstić information content (AvgIpc) is 3.59.